The molecule has 0 aromatic heterocycles. The molecular weight excluding hydrogens is 425 g/mol. The van der Waals surface area contributed by atoms with E-state index in [1.165, 1.54) is 6.08 Å². The van der Waals surface area contributed by atoms with Gasteiger partial charge in [-0.15, -0.1) is 0 Å². The second-order valence-corrected chi connectivity index (χ2v) is 8.26. The van der Waals surface area contributed by atoms with Gasteiger partial charge in [0.25, 0.3) is 0 Å². The fraction of sp³-hybridized carbons (Fsp3) is 0.208. The van der Waals surface area contributed by atoms with E-state index < -0.39 is 12.0 Å². The molecule has 152 valence electrons. The topological polar surface area (TPSA) is 27.0 Å². The zero-order valence-electron chi connectivity index (χ0n) is 16.0. The van der Waals surface area contributed by atoms with E-state index in [9.17, 15) is 8.78 Å². The van der Waals surface area contributed by atoms with Crippen LogP contribution >= 0.6 is 23.2 Å². The highest BCUT2D eigenvalue weighted by atomic mass is 35.5. The highest BCUT2D eigenvalue weighted by Crippen LogP contribution is 2.40. The van der Waals surface area contributed by atoms with Gasteiger partial charge in [0, 0.05) is 23.1 Å². The van der Waals surface area contributed by atoms with Gasteiger partial charge in [0.1, 0.15) is 12.0 Å². The maximum absolute atomic E-state index is 14.6. The van der Waals surface area contributed by atoms with E-state index in [0.29, 0.717) is 34.3 Å². The van der Waals surface area contributed by atoms with Crippen molar-refractivity contribution in [2.75, 3.05) is 13.1 Å². The number of nitrogens with zero attached hydrogens (tertiary/aromatic N) is 2. The molecule has 1 heterocycles. The lowest BCUT2D eigenvalue weighted by Gasteiger charge is -2.43. The van der Waals surface area contributed by atoms with Crippen LogP contribution in [-0.4, -0.2) is 24.2 Å². The molecular formula is C24H18Cl2F2N2. The van der Waals surface area contributed by atoms with Crippen LogP contribution in [-0.2, 0) is 0 Å². The number of rotatable bonds is 4. The summed E-state index contributed by atoms with van der Waals surface area (Å²) >= 11 is 12.1. The molecule has 4 rings (SSSR count). The molecule has 2 aliphatic rings. The molecule has 1 aliphatic heterocycles. The van der Waals surface area contributed by atoms with Gasteiger partial charge in [-0.3, -0.25) is 4.90 Å². The summed E-state index contributed by atoms with van der Waals surface area (Å²) in [6, 6.07) is 17.2. The fourth-order valence-corrected chi connectivity index (χ4v) is 4.30. The van der Waals surface area contributed by atoms with Gasteiger partial charge in [0.2, 0.25) is 0 Å². The van der Waals surface area contributed by atoms with Crippen molar-refractivity contribution >= 4 is 23.2 Å². The predicted molar refractivity (Wildman–Crippen MR) is 116 cm³/mol. The number of halogens is 4. The third-order valence-electron chi connectivity index (χ3n) is 5.41. The number of benzene rings is 2. The van der Waals surface area contributed by atoms with Gasteiger partial charge in [-0.25, -0.2) is 8.78 Å². The molecule has 6 heteroatoms. The first-order valence-electron chi connectivity index (χ1n) is 9.52. The molecule has 0 N–H and O–H groups in total. The third-order valence-corrected chi connectivity index (χ3v) is 5.92. The van der Waals surface area contributed by atoms with Gasteiger partial charge in [0.15, 0.2) is 0 Å². The number of hydrogen-bond acceptors (Lipinski definition) is 2. The lowest BCUT2D eigenvalue weighted by molar-refractivity contribution is 0.197. The Morgan fingerprint density at radius 2 is 1.53 bits per heavy atom. The van der Waals surface area contributed by atoms with E-state index in [2.05, 4.69) is 4.90 Å². The third kappa shape index (κ3) is 4.20. The monoisotopic (exact) mass is 442 g/mol. The van der Waals surface area contributed by atoms with Crippen LogP contribution in [0.2, 0.25) is 10.0 Å². The molecule has 1 fully saturated rings. The van der Waals surface area contributed by atoms with Crippen molar-refractivity contribution in [1.82, 2.24) is 4.90 Å². The minimum Gasteiger partial charge on any atom is -0.284 e. The molecule has 1 aliphatic carbocycles. The summed E-state index contributed by atoms with van der Waals surface area (Å²) in [6.45, 7) is 1.06. The number of alkyl halides is 1. The van der Waals surface area contributed by atoms with Gasteiger partial charge in [-0.1, -0.05) is 47.5 Å². The zero-order chi connectivity index (χ0) is 21.3. The molecule has 0 saturated carbocycles. The first-order chi connectivity index (χ1) is 14.5. The maximum atomic E-state index is 14.6. The Morgan fingerprint density at radius 3 is 2.03 bits per heavy atom. The molecule has 0 amide bonds. The molecule has 2 aromatic carbocycles. The quantitative estimate of drug-likeness (QED) is 0.523. The van der Waals surface area contributed by atoms with Crippen molar-refractivity contribution in [1.29, 1.82) is 5.26 Å². The number of likely N-dealkylation sites (tertiary alicyclic amines) is 1. The van der Waals surface area contributed by atoms with Crippen LogP contribution in [0.25, 0.3) is 0 Å². The summed E-state index contributed by atoms with van der Waals surface area (Å²) in [6.07, 6.45) is 0.681. The molecule has 0 bridgehead atoms. The van der Waals surface area contributed by atoms with Gasteiger partial charge in [-0.05, 0) is 64.3 Å². The van der Waals surface area contributed by atoms with Crippen LogP contribution in [0.1, 0.15) is 23.6 Å². The minimum atomic E-state index is -1.53. The highest BCUT2D eigenvalue weighted by molar-refractivity contribution is 6.30. The smallest absolute Gasteiger partial charge is 0.147 e. The van der Waals surface area contributed by atoms with Crippen molar-refractivity contribution in [2.24, 2.45) is 0 Å². The van der Waals surface area contributed by atoms with Crippen molar-refractivity contribution < 1.29 is 8.78 Å². The molecule has 1 saturated heterocycles. The summed E-state index contributed by atoms with van der Waals surface area (Å²) in [7, 11) is 0. The van der Waals surface area contributed by atoms with E-state index in [-0.39, 0.29) is 12.5 Å². The van der Waals surface area contributed by atoms with Crippen LogP contribution in [0, 0.1) is 11.3 Å². The maximum Gasteiger partial charge on any atom is 0.147 e. The lowest BCUT2D eigenvalue weighted by atomic mass is 9.85. The fourth-order valence-electron chi connectivity index (χ4n) is 4.05. The van der Waals surface area contributed by atoms with Gasteiger partial charge in [0.05, 0.1) is 18.5 Å². The van der Waals surface area contributed by atoms with Crippen LogP contribution in [0.4, 0.5) is 8.78 Å². The summed E-state index contributed by atoms with van der Waals surface area (Å²) < 4.78 is 28.3. The Hall–Kier alpha value is -2.45. The van der Waals surface area contributed by atoms with Crippen molar-refractivity contribution in [3.63, 3.8) is 0 Å². The highest BCUT2D eigenvalue weighted by Gasteiger charge is 2.35. The summed E-state index contributed by atoms with van der Waals surface area (Å²) in [4.78, 5) is 2.21. The molecule has 0 radical (unpaired) electrons. The molecule has 2 aromatic rings. The van der Waals surface area contributed by atoms with E-state index in [0.717, 1.165) is 22.8 Å². The molecule has 1 unspecified atom stereocenters. The molecule has 1 atom stereocenters. The van der Waals surface area contributed by atoms with E-state index in [1.807, 2.05) is 54.6 Å². The van der Waals surface area contributed by atoms with E-state index in [4.69, 9.17) is 28.5 Å². The first kappa shape index (κ1) is 20.8. The average Bonchev–Trinajstić information content (AvgIpc) is 2.68. The number of nitriles is 1. The summed E-state index contributed by atoms with van der Waals surface area (Å²) in [5.41, 5.74) is 3.88. The van der Waals surface area contributed by atoms with Gasteiger partial charge in [-0.2, -0.15) is 5.26 Å². The normalized spacial score (nSPS) is 19.3. The number of hydrogen-bond donors (Lipinski definition) is 0. The molecule has 0 spiro atoms. The van der Waals surface area contributed by atoms with Crippen molar-refractivity contribution in [2.45, 2.75) is 18.6 Å². The van der Waals surface area contributed by atoms with Crippen LogP contribution in [0.15, 0.2) is 83.2 Å². The first-order valence-corrected chi connectivity index (χ1v) is 10.3. The Bertz CT molecular complexity index is 1030. The van der Waals surface area contributed by atoms with Gasteiger partial charge < -0.3 is 0 Å². The van der Waals surface area contributed by atoms with Gasteiger partial charge >= 0.3 is 0 Å². The predicted octanol–water partition coefficient (Wildman–Crippen LogP) is 6.74. The van der Waals surface area contributed by atoms with Crippen molar-refractivity contribution in [3.05, 3.63) is 104 Å². The van der Waals surface area contributed by atoms with E-state index >= 15 is 0 Å². The van der Waals surface area contributed by atoms with Crippen LogP contribution in [0.3, 0.4) is 0 Å². The minimum absolute atomic E-state index is 0.0156. The summed E-state index contributed by atoms with van der Waals surface area (Å²) in [5, 5.41) is 10.4. The Morgan fingerprint density at radius 1 is 1.00 bits per heavy atom. The second-order valence-electron chi connectivity index (χ2n) is 7.39. The van der Waals surface area contributed by atoms with Crippen LogP contribution < -0.4 is 0 Å². The Kier molecular flexibility index (Phi) is 6.06. The molecule has 30 heavy (non-hydrogen) atoms. The lowest BCUT2D eigenvalue weighted by Crippen LogP contribution is -2.44. The number of allylic oxidation sites excluding steroid dienone is 5. The second kappa shape index (κ2) is 8.73. The standard InChI is InChI=1S/C24H18Cl2F2N2/c25-19-5-1-15(2-6-19)24(16-3-7-20(26)8-4-16)30-13-18(14-30)23-17(9-10-29)11-21(27)12-22(23)28/h1-8,11-12,22,24H,9,13-14H2. The SMILES string of the molecule is N#CCC1=CC(F)=CC(F)C1=C1CN(C(c2ccc(Cl)cc2)c2ccc(Cl)cc2)C1. The molecule has 2 nitrogen and oxygen atoms in total. The zero-order valence-corrected chi connectivity index (χ0v) is 17.5. The largest absolute Gasteiger partial charge is 0.284 e. The van der Waals surface area contributed by atoms with E-state index in [1.54, 1.807) is 0 Å². The van der Waals surface area contributed by atoms with Crippen molar-refractivity contribution in [3.8, 4) is 6.07 Å². The van der Waals surface area contributed by atoms with Crippen LogP contribution in [0.5, 0.6) is 0 Å². The summed E-state index contributed by atoms with van der Waals surface area (Å²) in [5.74, 6) is -0.631. The Balaban J connectivity index is 1.66. The average molecular weight is 443 g/mol. The Labute approximate surface area is 184 Å².